The Balaban J connectivity index is 2.26. The Hall–Kier alpha value is -0.530. The van der Waals surface area contributed by atoms with Crippen LogP contribution in [0.1, 0.15) is 74.6 Å². The van der Waals surface area contributed by atoms with E-state index < -0.39 is 0 Å². The highest BCUT2D eigenvalue weighted by molar-refractivity contribution is 6.31. The van der Waals surface area contributed by atoms with Crippen LogP contribution in [-0.4, -0.2) is 6.54 Å². The minimum atomic E-state index is 0.490. The quantitative estimate of drug-likeness (QED) is 0.722. The lowest BCUT2D eigenvalue weighted by Crippen LogP contribution is -2.29. The average molecular weight is 308 g/mol. The van der Waals surface area contributed by atoms with Gasteiger partial charge in [-0.3, -0.25) is 0 Å². The Labute approximate surface area is 135 Å². The monoisotopic (exact) mass is 307 g/mol. The standard InChI is InChI=1S/C19H30ClN/c1-4-21-19(16-10-8-6-5-7-9-11-16)17-12-15(3)18(20)13-14(17)2/h12-13,16,19,21H,4-11H2,1-3H3. The molecule has 0 amide bonds. The topological polar surface area (TPSA) is 12.0 Å². The number of benzene rings is 1. The summed E-state index contributed by atoms with van der Waals surface area (Å²) < 4.78 is 0. The highest BCUT2D eigenvalue weighted by atomic mass is 35.5. The molecule has 118 valence electrons. The van der Waals surface area contributed by atoms with Crippen molar-refractivity contribution in [2.75, 3.05) is 6.54 Å². The highest BCUT2D eigenvalue weighted by Gasteiger charge is 2.24. The fourth-order valence-corrected chi connectivity index (χ4v) is 3.93. The Morgan fingerprint density at radius 2 is 1.67 bits per heavy atom. The zero-order chi connectivity index (χ0) is 15.2. The van der Waals surface area contributed by atoms with Gasteiger partial charge in [-0.2, -0.15) is 0 Å². The average Bonchev–Trinajstić information content (AvgIpc) is 2.41. The van der Waals surface area contributed by atoms with Crippen molar-refractivity contribution in [3.05, 3.63) is 33.8 Å². The summed E-state index contributed by atoms with van der Waals surface area (Å²) in [5.41, 5.74) is 3.99. The molecule has 21 heavy (non-hydrogen) atoms. The second-order valence-corrected chi connectivity index (χ2v) is 7.01. The van der Waals surface area contributed by atoms with E-state index in [1.807, 2.05) is 0 Å². The highest BCUT2D eigenvalue weighted by Crippen LogP contribution is 2.35. The Bertz CT molecular complexity index is 447. The lowest BCUT2D eigenvalue weighted by Gasteiger charge is -2.31. The fraction of sp³-hybridized carbons (Fsp3) is 0.684. The van der Waals surface area contributed by atoms with Crippen molar-refractivity contribution in [1.82, 2.24) is 5.32 Å². The molecule has 2 rings (SSSR count). The van der Waals surface area contributed by atoms with E-state index in [1.165, 1.54) is 61.6 Å². The van der Waals surface area contributed by atoms with Crippen LogP contribution in [0.5, 0.6) is 0 Å². The first-order valence-corrected chi connectivity index (χ1v) is 9.01. The molecule has 1 aliphatic carbocycles. The molecule has 1 unspecified atom stereocenters. The molecule has 0 radical (unpaired) electrons. The third kappa shape index (κ3) is 4.47. The molecule has 1 atom stereocenters. The van der Waals surface area contributed by atoms with Crippen LogP contribution in [0.25, 0.3) is 0 Å². The summed E-state index contributed by atoms with van der Waals surface area (Å²) in [6.07, 6.45) is 9.74. The maximum Gasteiger partial charge on any atom is 0.0438 e. The van der Waals surface area contributed by atoms with Gasteiger partial charge in [0.2, 0.25) is 0 Å². The molecule has 0 heterocycles. The van der Waals surface area contributed by atoms with E-state index in [9.17, 15) is 0 Å². The van der Waals surface area contributed by atoms with Gasteiger partial charge < -0.3 is 5.32 Å². The van der Waals surface area contributed by atoms with Gasteiger partial charge in [-0.1, -0.05) is 56.7 Å². The van der Waals surface area contributed by atoms with E-state index >= 15 is 0 Å². The predicted molar refractivity (Wildman–Crippen MR) is 93.2 cm³/mol. The van der Waals surface area contributed by atoms with E-state index in [2.05, 4.69) is 38.2 Å². The SMILES string of the molecule is CCNC(c1cc(C)c(Cl)cc1C)C1CCCCCCC1. The van der Waals surface area contributed by atoms with Gasteiger partial charge in [-0.25, -0.2) is 0 Å². The molecule has 1 nitrogen and oxygen atoms in total. The Kier molecular flexibility index (Phi) is 6.57. The molecule has 1 aromatic carbocycles. The molecule has 1 fully saturated rings. The van der Waals surface area contributed by atoms with E-state index in [-0.39, 0.29) is 0 Å². The number of aryl methyl sites for hydroxylation is 2. The normalized spacial score (nSPS) is 19.0. The van der Waals surface area contributed by atoms with Crippen molar-refractivity contribution in [3.8, 4) is 0 Å². The third-order valence-corrected chi connectivity index (χ3v) is 5.33. The maximum absolute atomic E-state index is 6.28. The minimum absolute atomic E-state index is 0.490. The molecule has 2 heteroatoms. The summed E-state index contributed by atoms with van der Waals surface area (Å²) in [4.78, 5) is 0. The molecule has 0 bridgehead atoms. The van der Waals surface area contributed by atoms with Gasteiger partial charge in [-0.05, 0) is 61.9 Å². The van der Waals surface area contributed by atoms with Crippen molar-refractivity contribution < 1.29 is 0 Å². The van der Waals surface area contributed by atoms with Gasteiger partial charge in [0.05, 0.1) is 0 Å². The summed E-state index contributed by atoms with van der Waals surface area (Å²) in [5.74, 6) is 0.768. The van der Waals surface area contributed by atoms with E-state index in [4.69, 9.17) is 11.6 Å². The van der Waals surface area contributed by atoms with Crippen molar-refractivity contribution in [3.63, 3.8) is 0 Å². The van der Waals surface area contributed by atoms with E-state index in [1.54, 1.807) is 0 Å². The second-order valence-electron chi connectivity index (χ2n) is 6.60. The van der Waals surface area contributed by atoms with Crippen LogP contribution in [0.3, 0.4) is 0 Å². The van der Waals surface area contributed by atoms with Crippen LogP contribution in [0.4, 0.5) is 0 Å². The summed E-state index contributed by atoms with van der Waals surface area (Å²) in [7, 11) is 0. The molecule has 1 N–H and O–H groups in total. The maximum atomic E-state index is 6.28. The molecule has 1 saturated carbocycles. The molecule has 1 aliphatic rings. The summed E-state index contributed by atoms with van der Waals surface area (Å²) in [6, 6.07) is 4.94. The smallest absolute Gasteiger partial charge is 0.0438 e. The number of hydrogen-bond acceptors (Lipinski definition) is 1. The zero-order valence-corrected chi connectivity index (χ0v) is 14.6. The molecule has 0 saturated heterocycles. The van der Waals surface area contributed by atoms with Crippen molar-refractivity contribution in [2.24, 2.45) is 5.92 Å². The molecule has 1 aromatic rings. The van der Waals surface area contributed by atoms with Crippen LogP contribution in [-0.2, 0) is 0 Å². The van der Waals surface area contributed by atoms with Crippen LogP contribution < -0.4 is 5.32 Å². The largest absolute Gasteiger partial charge is 0.310 e. The number of halogens is 1. The summed E-state index contributed by atoms with van der Waals surface area (Å²) >= 11 is 6.28. The van der Waals surface area contributed by atoms with Gasteiger partial charge in [0, 0.05) is 11.1 Å². The van der Waals surface area contributed by atoms with Crippen LogP contribution in [0.2, 0.25) is 5.02 Å². The second kappa shape index (κ2) is 8.19. The van der Waals surface area contributed by atoms with Gasteiger partial charge in [0.1, 0.15) is 0 Å². The van der Waals surface area contributed by atoms with E-state index in [0.29, 0.717) is 6.04 Å². The number of hydrogen-bond donors (Lipinski definition) is 1. The van der Waals surface area contributed by atoms with Gasteiger partial charge in [0.25, 0.3) is 0 Å². The van der Waals surface area contributed by atoms with Crippen molar-refractivity contribution in [1.29, 1.82) is 0 Å². The summed E-state index contributed by atoms with van der Waals surface area (Å²) in [5, 5.41) is 4.65. The molecule has 0 aromatic heterocycles. The fourth-order valence-electron chi connectivity index (χ4n) is 3.71. The van der Waals surface area contributed by atoms with Gasteiger partial charge >= 0.3 is 0 Å². The first-order chi connectivity index (χ1) is 10.1. The minimum Gasteiger partial charge on any atom is -0.310 e. The first-order valence-electron chi connectivity index (χ1n) is 8.63. The van der Waals surface area contributed by atoms with Gasteiger partial charge in [0.15, 0.2) is 0 Å². The summed E-state index contributed by atoms with van der Waals surface area (Å²) in [6.45, 7) is 7.57. The Morgan fingerprint density at radius 1 is 1.05 bits per heavy atom. The Morgan fingerprint density at radius 3 is 2.29 bits per heavy atom. The number of nitrogens with one attached hydrogen (secondary N) is 1. The lowest BCUT2D eigenvalue weighted by atomic mass is 9.81. The molecular formula is C19H30ClN. The first kappa shape index (κ1) is 16.8. The van der Waals surface area contributed by atoms with Crippen molar-refractivity contribution >= 4 is 11.6 Å². The van der Waals surface area contributed by atoms with Crippen molar-refractivity contribution in [2.45, 2.75) is 71.8 Å². The molecular weight excluding hydrogens is 278 g/mol. The third-order valence-electron chi connectivity index (χ3n) is 4.93. The zero-order valence-electron chi connectivity index (χ0n) is 13.8. The molecule has 0 spiro atoms. The molecule has 0 aliphatic heterocycles. The van der Waals surface area contributed by atoms with Crippen LogP contribution in [0, 0.1) is 19.8 Å². The lowest BCUT2D eigenvalue weighted by molar-refractivity contribution is 0.291. The van der Waals surface area contributed by atoms with Crippen LogP contribution >= 0.6 is 11.6 Å². The van der Waals surface area contributed by atoms with E-state index in [0.717, 1.165) is 17.5 Å². The number of rotatable bonds is 4. The van der Waals surface area contributed by atoms with Crippen LogP contribution in [0.15, 0.2) is 12.1 Å². The predicted octanol–water partition coefficient (Wildman–Crippen LogP) is 5.97. The van der Waals surface area contributed by atoms with Gasteiger partial charge in [-0.15, -0.1) is 0 Å².